The monoisotopic (exact) mass is 369 g/mol. The van der Waals surface area contributed by atoms with Crippen molar-refractivity contribution < 1.29 is 14.4 Å². The zero-order chi connectivity index (χ0) is 19.2. The van der Waals surface area contributed by atoms with Crippen molar-refractivity contribution >= 4 is 17.9 Å². The van der Waals surface area contributed by atoms with E-state index in [1.807, 2.05) is 0 Å². The third kappa shape index (κ3) is 4.34. The molecule has 0 bridgehead atoms. The van der Waals surface area contributed by atoms with E-state index in [1.54, 1.807) is 30.3 Å². The lowest BCUT2D eigenvalue weighted by Gasteiger charge is -2.11. The van der Waals surface area contributed by atoms with E-state index in [9.17, 15) is 10.1 Å². The quantitative estimate of drug-likeness (QED) is 0.376. The number of nitro groups is 1. The summed E-state index contributed by atoms with van der Waals surface area (Å²) >= 11 is 0. The standard InChI is InChI=1S/C16H15N7O4/c1-26-14-7-4-12(9-18-22-16(17)19-20-21-22)8-15(14)27-10-11-2-5-13(6-3-11)23(24)25/h2-9H,10H2,1H3,(H2,17,19,21). The van der Waals surface area contributed by atoms with Gasteiger partial charge < -0.3 is 15.2 Å². The Bertz CT molecular complexity index is 969. The highest BCUT2D eigenvalue weighted by atomic mass is 16.6. The molecule has 0 fully saturated rings. The maximum Gasteiger partial charge on any atom is 0.269 e. The SMILES string of the molecule is COc1ccc(C=Nn2nnnc2N)cc1OCc1ccc([N+](=O)[O-])cc1. The lowest BCUT2D eigenvalue weighted by atomic mass is 10.2. The number of nitrogens with two attached hydrogens (primary N) is 1. The molecule has 27 heavy (non-hydrogen) atoms. The van der Waals surface area contributed by atoms with E-state index in [0.717, 1.165) is 10.4 Å². The number of nitrogens with zero attached hydrogens (tertiary/aromatic N) is 6. The number of nitrogen functional groups attached to an aromatic ring is 1. The van der Waals surface area contributed by atoms with Gasteiger partial charge in [0.2, 0.25) is 0 Å². The molecule has 138 valence electrons. The molecule has 0 aliphatic carbocycles. The minimum absolute atomic E-state index is 0.0245. The Kier molecular flexibility index (Phi) is 5.21. The van der Waals surface area contributed by atoms with Crippen LogP contribution in [0.3, 0.4) is 0 Å². The molecular weight excluding hydrogens is 354 g/mol. The van der Waals surface area contributed by atoms with Gasteiger partial charge in [-0.05, 0) is 51.9 Å². The number of non-ortho nitro benzene ring substituents is 1. The summed E-state index contributed by atoms with van der Waals surface area (Å²) in [6.45, 7) is 0.217. The first-order chi connectivity index (χ1) is 13.1. The summed E-state index contributed by atoms with van der Waals surface area (Å²) in [7, 11) is 1.53. The molecule has 0 saturated heterocycles. The number of tetrazole rings is 1. The third-order valence-electron chi connectivity index (χ3n) is 3.52. The summed E-state index contributed by atoms with van der Waals surface area (Å²) in [4.78, 5) is 11.3. The molecule has 2 aromatic carbocycles. The van der Waals surface area contributed by atoms with Gasteiger partial charge in [-0.15, -0.1) is 0 Å². The van der Waals surface area contributed by atoms with E-state index in [1.165, 1.54) is 25.5 Å². The lowest BCUT2D eigenvalue weighted by Crippen LogP contribution is -2.01. The predicted molar refractivity (Wildman–Crippen MR) is 95.6 cm³/mol. The molecule has 0 radical (unpaired) electrons. The molecule has 11 nitrogen and oxygen atoms in total. The fourth-order valence-electron chi connectivity index (χ4n) is 2.15. The van der Waals surface area contributed by atoms with Crippen molar-refractivity contribution in [2.75, 3.05) is 12.8 Å². The maximum atomic E-state index is 10.7. The number of rotatable bonds is 7. The van der Waals surface area contributed by atoms with Crippen molar-refractivity contribution in [3.05, 3.63) is 63.7 Å². The summed E-state index contributed by atoms with van der Waals surface area (Å²) in [6.07, 6.45) is 1.52. The predicted octanol–water partition coefficient (Wildman–Crippen LogP) is 1.63. The van der Waals surface area contributed by atoms with Crippen molar-refractivity contribution in [2.45, 2.75) is 6.61 Å². The summed E-state index contributed by atoms with van der Waals surface area (Å²) in [6, 6.07) is 11.4. The molecule has 11 heteroatoms. The molecule has 0 aliphatic rings. The first-order valence-corrected chi connectivity index (χ1v) is 7.69. The topological polar surface area (TPSA) is 144 Å². The maximum absolute atomic E-state index is 10.7. The van der Waals surface area contributed by atoms with Gasteiger partial charge in [0.25, 0.3) is 11.6 Å². The second-order valence-corrected chi connectivity index (χ2v) is 5.29. The van der Waals surface area contributed by atoms with Gasteiger partial charge in [0.05, 0.1) is 18.2 Å². The Morgan fingerprint density at radius 3 is 2.67 bits per heavy atom. The molecule has 2 N–H and O–H groups in total. The van der Waals surface area contributed by atoms with E-state index in [-0.39, 0.29) is 18.2 Å². The number of ether oxygens (including phenoxy) is 2. The van der Waals surface area contributed by atoms with Crippen LogP contribution in [0, 0.1) is 10.1 Å². The van der Waals surface area contributed by atoms with Gasteiger partial charge in [-0.1, -0.05) is 9.89 Å². The number of benzene rings is 2. The minimum Gasteiger partial charge on any atom is -0.493 e. The Morgan fingerprint density at radius 1 is 1.26 bits per heavy atom. The number of anilines is 1. The molecular formula is C16H15N7O4. The molecule has 1 heterocycles. The van der Waals surface area contributed by atoms with Crippen molar-refractivity contribution in [2.24, 2.45) is 5.10 Å². The van der Waals surface area contributed by atoms with Gasteiger partial charge in [0.1, 0.15) is 6.61 Å². The van der Waals surface area contributed by atoms with Crippen molar-refractivity contribution in [3.63, 3.8) is 0 Å². The van der Waals surface area contributed by atoms with Crippen molar-refractivity contribution in [1.29, 1.82) is 0 Å². The third-order valence-corrected chi connectivity index (χ3v) is 3.52. The largest absolute Gasteiger partial charge is 0.493 e. The summed E-state index contributed by atoms with van der Waals surface area (Å²) in [5, 5.41) is 25.3. The Hall–Kier alpha value is -4.02. The van der Waals surface area contributed by atoms with Gasteiger partial charge in [0, 0.05) is 12.1 Å². The molecule has 3 aromatic rings. The summed E-state index contributed by atoms with van der Waals surface area (Å²) in [5.74, 6) is 1.09. The number of nitro benzene ring substituents is 1. The van der Waals surface area contributed by atoms with Crippen LogP contribution in [-0.2, 0) is 6.61 Å². The zero-order valence-corrected chi connectivity index (χ0v) is 14.2. The van der Waals surface area contributed by atoms with Gasteiger partial charge in [-0.25, -0.2) is 0 Å². The zero-order valence-electron chi connectivity index (χ0n) is 14.2. The normalized spacial score (nSPS) is 10.9. The van der Waals surface area contributed by atoms with Crippen molar-refractivity contribution in [1.82, 2.24) is 20.3 Å². The lowest BCUT2D eigenvalue weighted by molar-refractivity contribution is -0.384. The van der Waals surface area contributed by atoms with E-state index >= 15 is 0 Å². The second kappa shape index (κ2) is 7.91. The van der Waals surface area contributed by atoms with Crippen molar-refractivity contribution in [3.8, 4) is 11.5 Å². The molecule has 3 rings (SSSR count). The molecule has 0 spiro atoms. The average Bonchev–Trinajstić information content (AvgIpc) is 3.10. The fraction of sp³-hybridized carbons (Fsp3) is 0.125. The Morgan fingerprint density at radius 2 is 2.04 bits per heavy atom. The fourth-order valence-corrected chi connectivity index (χ4v) is 2.15. The molecule has 0 atom stereocenters. The highest BCUT2D eigenvalue weighted by Crippen LogP contribution is 2.28. The number of methoxy groups -OCH3 is 1. The number of aromatic nitrogens is 4. The van der Waals surface area contributed by atoms with E-state index in [4.69, 9.17) is 15.2 Å². The van der Waals surface area contributed by atoms with Crippen LogP contribution in [0.4, 0.5) is 11.6 Å². The molecule has 0 unspecified atom stereocenters. The van der Waals surface area contributed by atoms with Crippen LogP contribution < -0.4 is 15.2 Å². The van der Waals surface area contributed by atoms with Gasteiger partial charge in [-0.3, -0.25) is 10.1 Å². The van der Waals surface area contributed by atoms with Crippen LogP contribution in [0.15, 0.2) is 47.6 Å². The van der Waals surface area contributed by atoms with Crippen LogP contribution in [0.25, 0.3) is 0 Å². The Labute approximate surface area is 153 Å². The van der Waals surface area contributed by atoms with Crippen LogP contribution in [-0.4, -0.2) is 38.6 Å². The van der Waals surface area contributed by atoms with Gasteiger partial charge in [-0.2, -0.15) is 5.10 Å². The molecule has 0 saturated carbocycles. The van der Waals surface area contributed by atoms with E-state index < -0.39 is 4.92 Å². The minimum atomic E-state index is -0.451. The molecule has 0 amide bonds. The molecule has 1 aromatic heterocycles. The first-order valence-electron chi connectivity index (χ1n) is 7.69. The van der Waals surface area contributed by atoms with Crippen LogP contribution >= 0.6 is 0 Å². The average molecular weight is 369 g/mol. The number of hydrogen-bond donors (Lipinski definition) is 1. The van der Waals surface area contributed by atoms with Gasteiger partial charge >= 0.3 is 0 Å². The van der Waals surface area contributed by atoms with Crippen LogP contribution in [0.5, 0.6) is 11.5 Å². The first kappa shape index (κ1) is 17.8. The summed E-state index contributed by atoms with van der Waals surface area (Å²) in [5.41, 5.74) is 7.07. The van der Waals surface area contributed by atoms with Crippen LogP contribution in [0.1, 0.15) is 11.1 Å². The highest BCUT2D eigenvalue weighted by Gasteiger charge is 2.08. The van der Waals surface area contributed by atoms with Gasteiger partial charge in [0.15, 0.2) is 11.5 Å². The summed E-state index contributed by atoms with van der Waals surface area (Å²) < 4.78 is 11.1. The van der Waals surface area contributed by atoms with Crippen LogP contribution in [0.2, 0.25) is 0 Å². The van der Waals surface area contributed by atoms with E-state index in [2.05, 4.69) is 20.6 Å². The molecule has 0 aliphatic heterocycles. The number of hydrogen-bond acceptors (Lipinski definition) is 9. The Balaban J connectivity index is 1.74. The smallest absolute Gasteiger partial charge is 0.269 e. The second-order valence-electron chi connectivity index (χ2n) is 5.29. The highest BCUT2D eigenvalue weighted by molar-refractivity contribution is 5.80. The van der Waals surface area contributed by atoms with E-state index in [0.29, 0.717) is 17.1 Å².